The lowest BCUT2D eigenvalue weighted by molar-refractivity contribution is 0.330. The van der Waals surface area contributed by atoms with Crippen LogP contribution in [0.1, 0.15) is 0 Å². The van der Waals surface area contributed by atoms with Gasteiger partial charge in [0.2, 0.25) is 28.3 Å². The van der Waals surface area contributed by atoms with Gasteiger partial charge in [-0.05, 0) is 52.4 Å². The number of halogens is 10. The van der Waals surface area contributed by atoms with E-state index in [2.05, 4.69) is 0 Å². The van der Waals surface area contributed by atoms with Gasteiger partial charge in [-0.2, -0.15) is 0 Å². The molecule has 0 amide bonds. The fraction of sp³-hybridized carbons (Fsp3) is 0.400. The summed E-state index contributed by atoms with van der Waals surface area (Å²) in [5.41, 5.74) is 0. The van der Waals surface area contributed by atoms with Crippen molar-refractivity contribution in [1.82, 2.24) is 0 Å². The lowest BCUT2D eigenvalue weighted by atomic mass is 10.3. The van der Waals surface area contributed by atoms with E-state index < -0.39 is 102 Å². The summed E-state index contributed by atoms with van der Waals surface area (Å²) in [5, 5.41) is -2.21. The summed E-state index contributed by atoms with van der Waals surface area (Å²) in [4.78, 5) is 0. The lowest BCUT2D eigenvalue weighted by Crippen LogP contribution is -2.62. The van der Waals surface area contributed by atoms with Crippen LogP contribution in [0.25, 0.3) is 0 Å². The fourth-order valence-electron chi connectivity index (χ4n) is 4.23. The summed E-state index contributed by atoms with van der Waals surface area (Å²) in [5.74, 6) is -21.3. The highest BCUT2D eigenvalue weighted by Gasteiger charge is 2.48. The zero-order chi connectivity index (χ0) is 29.0. The molecular weight excluding hydrogens is 591 g/mol. The fourth-order valence-corrected chi connectivity index (χ4v) is 23.3. The SMILES string of the molecule is C[Si](C)(O[Si](C)(C)O[Si](C)(C)c1c(F)c(F)c(F)c(F)c1F)O[Si](C)(C)c1c(F)c(F)c(F)c(F)c1F. The normalized spacial score (nSPS) is 13.5. The number of hydrogen-bond donors (Lipinski definition) is 0. The van der Waals surface area contributed by atoms with Gasteiger partial charge in [0.1, 0.15) is 0 Å². The number of benzene rings is 2. The van der Waals surface area contributed by atoms with Crippen molar-refractivity contribution in [2.75, 3.05) is 0 Å². The Morgan fingerprint density at radius 2 is 0.514 bits per heavy atom. The van der Waals surface area contributed by atoms with E-state index in [0.29, 0.717) is 0 Å². The van der Waals surface area contributed by atoms with Gasteiger partial charge in [-0.3, -0.25) is 0 Å². The van der Waals surface area contributed by atoms with Gasteiger partial charge >= 0.3 is 17.1 Å². The molecule has 0 heterocycles. The average Bonchev–Trinajstić information content (AvgIpc) is 2.70. The first-order valence-electron chi connectivity index (χ1n) is 10.6. The van der Waals surface area contributed by atoms with Crippen molar-refractivity contribution >= 4 is 44.1 Å². The Hall–Kier alpha value is -1.51. The monoisotopic (exact) mass is 614 g/mol. The summed E-state index contributed by atoms with van der Waals surface area (Å²) < 4.78 is 157. The smallest absolute Gasteiger partial charge is 0.312 e. The maximum atomic E-state index is 14.4. The predicted octanol–water partition coefficient (Wildman–Crippen LogP) is 6.06. The van der Waals surface area contributed by atoms with E-state index in [1.54, 1.807) is 0 Å². The van der Waals surface area contributed by atoms with Crippen LogP contribution in [0, 0.1) is 58.2 Å². The first kappa shape index (κ1) is 31.7. The Morgan fingerprint density at radius 1 is 0.324 bits per heavy atom. The second-order valence-electron chi connectivity index (χ2n) is 10.0. The molecule has 0 bridgehead atoms. The van der Waals surface area contributed by atoms with Gasteiger partial charge in [-0.15, -0.1) is 0 Å². The third-order valence-corrected chi connectivity index (χ3v) is 20.4. The molecule has 0 unspecified atom stereocenters. The van der Waals surface area contributed by atoms with Crippen LogP contribution < -0.4 is 10.4 Å². The topological polar surface area (TPSA) is 27.7 Å². The number of hydrogen-bond acceptors (Lipinski definition) is 3. The Balaban J connectivity index is 2.40. The van der Waals surface area contributed by atoms with Crippen LogP contribution in [0.5, 0.6) is 0 Å². The second-order valence-corrected chi connectivity index (χ2v) is 25.1. The van der Waals surface area contributed by atoms with E-state index >= 15 is 0 Å². The summed E-state index contributed by atoms with van der Waals surface area (Å²) in [6.45, 7) is 10.3. The first-order chi connectivity index (χ1) is 16.5. The highest BCUT2D eigenvalue weighted by Crippen LogP contribution is 2.28. The van der Waals surface area contributed by atoms with E-state index in [9.17, 15) is 43.9 Å². The minimum atomic E-state index is -3.89. The van der Waals surface area contributed by atoms with Crippen molar-refractivity contribution in [3.8, 4) is 0 Å². The Labute approximate surface area is 211 Å². The molecule has 0 aliphatic rings. The quantitative estimate of drug-likeness (QED) is 0.157. The largest absolute Gasteiger partial charge is 0.432 e. The zero-order valence-electron chi connectivity index (χ0n) is 21.0. The molecule has 2 aromatic carbocycles. The van der Waals surface area contributed by atoms with Crippen LogP contribution in [-0.2, 0) is 12.3 Å². The molecule has 2 aromatic rings. The second kappa shape index (κ2) is 10.2. The Kier molecular flexibility index (Phi) is 8.77. The van der Waals surface area contributed by atoms with Gasteiger partial charge in [-0.1, -0.05) is 0 Å². The molecular formula is C20H24F10O3Si4. The predicted molar refractivity (Wildman–Crippen MR) is 125 cm³/mol. The minimum Gasteiger partial charge on any atom is -0.432 e. The molecule has 37 heavy (non-hydrogen) atoms. The van der Waals surface area contributed by atoms with E-state index in [1.165, 1.54) is 52.4 Å². The zero-order valence-corrected chi connectivity index (χ0v) is 25.0. The van der Waals surface area contributed by atoms with Gasteiger partial charge in [0, 0.05) is 10.4 Å². The van der Waals surface area contributed by atoms with Crippen molar-refractivity contribution in [1.29, 1.82) is 0 Å². The summed E-state index contributed by atoms with van der Waals surface area (Å²) in [6.07, 6.45) is 0. The van der Waals surface area contributed by atoms with Gasteiger partial charge in [-0.25, -0.2) is 43.9 Å². The maximum absolute atomic E-state index is 14.4. The van der Waals surface area contributed by atoms with Crippen molar-refractivity contribution in [2.24, 2.45) is 0 Å². The highest BCUT2D eigenvalue weighted by atomic mass is 28.5. The van der Waals surface area contributed by atoms with E-state index in [-0.39, 0.29) is 0 Å². The Bertz CT molecular complexity index is 1090. The van der Waals surface area contributed by atoms with Crippen LogP contribution in [-0.4, -0.2) is 33.8 Å². The van der Waals surface area contributed by atoms with Crippen LogP contribution in [0.3, 0.4) is 0 Å². The Morgan fingerprint density at radius 3 is 0.730 bits per heavy atom. The molecule has 0 saturated heterocycles. The molecule has 0 N–H and O–H groups in total. The molecule has 0 radical (unpaired) electrons. The van der Waals surface area contributed by atoms with Crippen molar-refractivity contribution in [3.05, 3.63) is 58.2 Å². The average molecular weight is 615 g/mol. The summed E-state index contributed by atoms with van der Waals surface area (Å²) in [7, 11) is -14.9. The third kappa shape index (κ3) is 6.22. The molecule has 2 rings (SSSR count). The lowest BCUT2D eigenvalue weighted by Gasteiger charge is -2.41. The van der Waals surface area contributed by atoms with Gasteiger partial charge < -0.3 is 12.3 Å². The third-order valence-electron chi connectivity index (χ3n) is 5.12. The van der Waals surface area contributed by atoms with Crippen molar-refractivity contribution in [3.63, 3.8) is 0 Å². The molecule has 3 nitrogen and oxygen atoms in total. The summed E-state index contributed by atoms with van der Waals surface area (Å²) >= 11 is 0. The number of rotatable bonds is 8. The van der Waals surface area contributed by atoms with Crippen LogP contribution in [0.15, 0.2) is 0 Å². The van der Waals surface area contributed by atoms with Crippen LogP contribution in [0.2, 0.25) is 52.4 Å². The molecule has 17 heteroatoms. The maximum Gasteiger partial charge on any atom is 0.312 e. The van der Waals surface area contributed by atoms with E-state index in [4.69, 9.17) is 12.3 Å². The molecule has 0 spiro atoms. The highest BCUT2D eigenvalue weighted by molar-refractivity contribution is 6.95. The molecule has 0 saturated carbocycles. The van der Waals surface area contributed by atoms with Crippen molar-refractivity contribution < 1.29 is 56.2 Å². The molecule has 0 aliphatic carbocycles. The molecule has 0 fully saturated rings. The van der Waals surface area contributed by atoms with Gasteiger partial charge in [0.15, 0.2) is 46.5 Å². The molecule has 208 valence electrons. The first-order valence-corrected chi connectivity index (χ1v) is 22.1. The molecule has 0 aromatic heterocycles. The standard InChI is InChI=1S/C20H24F10O3Si4/c1-34(2,19-15(27)11(23)9(21)12(24)16(19)28)31-36(5,6)33-37(7,8)32-35(3,4)20-17(29)13(25)10(22)14(26)18(20)30/h1-8H3. The van der Waals surface area contributed by atoms with Crippen LogP contribution in [0.4, 0.5) is 43.9 Å². The van der Waals surface area contributed by atoms with E-state index in [0.717, 1.165) is 0 Å². The minimum absolute atomic E-state index is 1.11. The van der Waals surface area contributed by atoms with E-state index in [1.807, 2.05) is 0 Å². The van der Waals surface area contributed by atoms with Crippen LogP contribution >= 0.6 is 0 Å². The molecule has 0 atom stereocenters. The summed E-state index contributed by atoms with van der Waals surface area (Å²) in [6, 6.07) is 0. The van der Waals surface area contributed by atoms with Gasteiger partial charge in [0.25, 0.3) is 0 Å². The van der Waals surface area contributed by atoms with Gasteiger partial charge in [0.05, 0.1) is 0 Å². The van der Waals surface area contributed by atoms with Crippen molar-refractivity contribution in [2.45, 2.75) is 52.4 Å². The molecule has 0 aliphatic heterocycles.